The summed E-state index contributed by atoms with van der Waals surface area (Å²) in [5.74, 6) is 0.875. The number of hydrogen-bond donors (Lipinski definition) is 1. The van der Waals surface area contributed by atoms with Gasteiger partial charge in [0.25, 0.3) is 0 Å². The standard InChI is InChI=1S/C19H23N3OS/c1-19(2,3)24-21-17-9-11-20-18-16(17)10-12-22(18)13-14-5-7-15(23-4)8-6-14/h5-12H,13H2,1-4H3,(H,20,21). The predicted molar refractivity (Wildman–Crippen MR) is 103 cm³/mol. The van der Waals surface area contributed by atoms with E-state index in [1.807, 2.05) is 24.4 Å². The number of ether oxygens (including phenoxy) is 1. The summed E-state index contributed by atoms with van der Waals surface area (Å²) < 4.78 is 11.0. The van der Waals surface area contributed by atoms with Gasteiger partial charge in [-0.25, -0.2) is 4.98 Å². The number of aromatic nitrogens is 2. The number of methoxy groups -OCH3 is 1. The lowest BCUT2D eigenvalue weighted by molar-refractivity contribution is 0.414. The number of nitrogens with one attached hydrogen (secondary N) is 1. The molecule has 0 aliphatic heterocycles. The molecule has 5 heteroatoms. The van der Waals surface area contributed by atoms with Crippen LogP contribution in [0.2, 0.25) is 0 Å². The number of nitrogens with zero attached hydrogens (tertiary/aromatic N) is 2. The van der Waals surface area contributed by atoms with Gasteiger partial charge >= 0.3 is 0 Å². The van der Waals surface area contributed by atoms with Gasteiger partial charge in [-0.3, -0.25) is 0 Å². The number of benzene rings is 1. The molecule has 0 atom stereocenters. The topological polar surface area (TPSA) is 39.1 Å². The second-order valence-electron chi connectivity index (χ2n) is 6.70. The van der Waals surface area contributed by atoms with Crippen molar-refractivity contribution in [2.45, 2.75) is 32.1 Å². The summed E-state index contributed by atoms with van der Waals surface area (Å²) in [4.78, 5) is 4.57. The first-order valence-corrected chi connectivity index (χ1v) is 8.79. The molecule has 0 saturated heterocycles. The predicted octanol–water partition coefficient (Wildman–Crippen LogP) is 4.95. The highest BCUT2D eigenvalue weighted by Gasteiger charge is 2.13. The average molecular weight is 341 g/mol. The minimum atomic E-state index is 0.154. The number of anilines is 1. The fourth-order valence-electron chi connectivity index (χ4n) is 2.44. The molecule has 2 heterocycles. The largest absolute Gasteiger partial charge is 0.497 e. The van der Waals surface area contributed by atoms with Gasteiger partial charge in [0.15, 0.2) is 0 Å². The van der Waals surface area contributed by atoms with Gasteiger partial charge in [-0.15, -0.1) is 0 Å². The molecule has 0 amide bonds. The van der Waals surface area contributed by atoms with E-state index < -0.39 is 0 Å². The normalized spacial score (nSPS) is 11.7. The number of fused-ring (bicyclic) bond motifs is 1. The molecule has 1 N–H and O–H groups in total. The first kappa shape index (κ1) is 16.7. The van der Waals surface area contributed by atoms with E-state index in [1.165, 1.54) is 5.56 Å². The van der Waals surface area contributed by atoms with E-state index in [2.05, 4.69) is 59.4 Å². The van der Waals surface area contributed by atoms with Gasteiger partial charge in [-0.05, 0) is 62.5 Å². The van der Waals surface area contributed by atoms with Crippen LogP contribution < -0.4 is 9.46 Å². The molecule has 0 fully saturated rings. The van der Waals surface area contributed by atoms with Gasteiger partial charge in [0.05, 0.1) is 12.8 Å². The Morgan fingerprint density at radius 3 is 2.54 bits per heavy atom. The highest BCUT2D eigenvalue weighted by molar-refractivity contribution is 8.01. The average Bonchev–Trinajstić information content (AvgIpc) is 2.96. The molecule has 0 unspecified atom stereocenters. The quantitative estimate of drug-likeness (QED) is 0.666. The minimum Gasteiger partial charge on any atom is -0.497 e. The second kappa shape index (κ2) is 6.77. The highest BCUT2D eigenvalue weighted by Crippen LogP contribution is 2.30. The Morgan fingerprint density at radius 1 is 1.12 bits per heavy atom. The Hall–Kier alpha value is -2.14. The van der Waals surface area contributed by atoms with E-state index in [-0.39, 0.29) is 4.75 Å². The summed E-state index contributed by atoms with van der Waals surface area (Å²) in [6.45, 7) is 7.37. The van der Waals surface area contributed by atoms with Crippen molar-refractivity contribution >= 4 is 28.7 Å². The Bertz CT molecular complexity index is 819. The Balaban J connectivity index is 1.84. The molecule has 0 radical (unpaired) electrons. The third kappa shape index (κ3) is 3.85. The lowest BCUT2D eigenvalue weighted by Crippen LogP contribution is -2.10. The molecule has 3 rings (SSSR count). The van der Waals surface area contributed by atoms with E-state index in [4.69, 9.17) is 4.74 Å². The zero-order valence-electron chi connectivity index (χ0n) is 14.5. The van der Waals surface area contributed by atoms with Crippen LogP contribution in [0.3, 0.4) is 0 Å². The van der Waals surface area contributed by atoms with Crippen LogP contribution in [0, 0.1) is 0 Å². The van der Waals surface area contributed by atoms with Crippen molar-refractivity contribution in [2.24, 2.45) is 0 Å². The third-order valence-electron chi connectivity index (χ3n) is 3.64. The van der Waals surface area contributed by atoms with Crippen molar-refractivity contribution < 1.29 is 4.74 Å². The number of rotatable bonds is 5. The Labute approximate surface area is 147 Å². The molecule has 0 spiro atoms. The molecule has 4 nitrogen and oxygen atoms in total. The Morgan fingerprint density at radius 2 is 1.88 bits per heavy atom. The zero-order valence-corrected chi connectivity index (χ0v) is 15.4. The molecule has 3 aromatic rings. The van der Waals surface area contributed by atoms with Crippen molar-refractivity contribution in [1.82, 2.24) is 9.55 Å². The number of hydrogen-bond acceptors (Lipinski definition) is 4. The first-order valence-electron chi connectivity index (χ1n) is 7.97. The molecule has 2 aromatic heterocycles. The van der Waals surface area contributed by atoms with Gasteiger partial charge in [0.1, 0.15) is 11.4 Å². The van der Waals surface area contributed by atoms with Crippen LogP contribution in [0.5, 0.6) is 5.75 Å². The summed E-state index contributed by atoms with van der Waals surface area (Å²) in [5.41, 5.74) is 3.32. The fourth-order valence-corrected chi connectivity index (χ4v) is 3.04. The van der Waals surface area contributed by atoms with Gasteiger partial charge in [0.2, 0.25) is 0 Å². The monoisotopic (exact) mass is 341 g/mol. The van der Waals surface area contributed by atoms with Gasteiger partial charge in [-0.2, -0.15) is 0 Å². The van der Waals surface area contributed by atoms with Gasteiger partial charge in [0, 0.05) is 29.1 Å². The second-order valence-corrected chi connectivity index (χ2v) is 8.34. The Kier molecular flexibility index (Phi) is 4.71. The summed E-state index contributed by atoms with van der Waals surface area (Å²) in [6.07, 6.45) is 3.95. The smallest absolute Gasteiger partial charge is 0.142 e. The van der Waals surface area contributed by atoms with Crippen LogP contribution in [0.1, 0.15) is 26.3 Å². The van der Waals surface area contributed by atoms with Crippen LogP contribution >= 0.6 is 11.9 Å². The van der Waals surface area contributed by atoms with Gasteiger partial charge in [-0.1, -0.05) is 12.1 Å². The number of pyridine rings is 1. The maximum atomic E-state index is 5.21. The van der Waals surface area contributed by atoms with Crippen LogP contribution in [-0.2, 0) is 6.54 Å². The van der Waals surface area contributed by atoms with Gasteiger partial charge < -0.3 is 14.0 Å². The van der Waals surface area contributed by atoms with Crippen LogP contribution in [-0.4, -0.2) is 21.4 Å². The summed E-state index contributed by atoms with van der Waals surface area (Å²) in [6, 6.07) is 12.3. The molecular weight excluding hydrogens is 318 g/mol. The molecular formula is C19H23N3OS. The van der Waals surface area contributed by atoms with Crippen LogP contribution in [0.15, 0.2) is 48.8 Å². The van der Waals surface area contributed by atoms with Crippen molar-refractivity contribution in [2.75, 3.05) is 11.8 Å². The highest BCUT2D eigenvalue weighted by atomic mass is 32.2. The lowest BCUT2D eigenvalue weighted by Gasteiger charge is -2.18. The SMILES string of the molecule is COc1ccc(Cn2ccc3c(NSC(C)(C)C)ccnc32)cc1. The van der Waals surface area contributed by atoms with E-state index >= 15 is 0 Å². The van der Waals surface area contributed by atoms with E-state index in [0.29, 0.717) is 0 Å². The van der Waals surface area contributed by atoms with E-state index in [1.54, 1.807) is 19.1 Å². The fraction of sp³-hybridized carbons (Fsp3) is 0.316. The molecule has 0 saturated carbocycles. The zero-order chi connectivity index (χ0) is 17.2. The summed E-state index contributed by atoms with van der Waals surface area (Å²) in [5, 5.41) is 1.14. The van der Waals surface area contributed by atoms with E-state index in [9.17, 15) is 0 Å². The van der Waals surface area contributed by atoms with Crippen molar-refractivity contribution in [3.05, 3.63) is 54.4 Å². The minimum absolute atomic E-state index is 0.154. The van der Waals surface area contributed by atoms with Crippen molar-refractivity contribution in [3.8, 4) is 5.75 Å². The summed E-state index contributed by atoms with van der Waals surface area (Å²) >= 11 is 1.72. The molecule has 0 aliphatic carbocycles. The maximum absolute atomic E-state index is 5.21. The molecule has 1 aromatic carbocycles. The van der Waals surface area contributed by atoms with Crippen LogP contribution in [0.25, 0.3) is 11.0 Å². The molecule has 0 bridgehead atoms. The van der Waals surface area contributed by atoms with Crippen molar-refractivity contribution in [1.29, 1.82) is 0 Å². The molecule has 0 aliphatic rings. The summed E-state index contributed by atoms with van der Waals surface area (Å²) in [7, 11) is 1.68. The van der Waals surface area contributed by atoms with E-state index in [0.717, 1.165) is 29.0 Å². The van der Waals surface area contributed by atoms with Crippen LogP contribution in [0.4, 0.5) is 5.69 Å². The molecule has 24 heavy (non-hydrogen) atoms. The lowest BCUT2D eigenvalue weighted by atomic mass is 10.2. The maximum Gasteiger partial charge on any atom is 0.142 e. The van der Waals surface area contributed by atoms with Crippen molar-refractivity contribution in [3.63, 3.8) is 0 Å². The molecule has 126 valence electrons. The third-order valence-corrected chi connectivity index (χ3v) is 4.58. The first-order chi connectivity index (χ1) is 11.5.